The van der Waals surface area contributed by atoms with E-state index < -0.39 is 47.6 Å². The van der Waals surface area contributed by atoms with E-state index in [1.807, 2.05) is 60.7 Å². The maximum absolute atomic E-state index is 13.9. The second-order valence-electron chi connectivity index (χ2n) is 10.7. The van der Waals surface area contributed by atoms with Crippen LogP contribution in [0, 0.1) is 17.8 Å². The maximum Gasteiger partial charge on any atom is 0.303 e. The summed E-state index contributed by atoms with van der Waals surface area (Å²) in [4.78, 5) is 49.6. The minimum atomic E-state index is -1.60. The average Bonchev–Trinajstić information content (AvgIpc) is 3.68. The number of hydrogen-bond acceptors (Lipinski definition) is 8. The number of primary amides is 1. The fourth-order valence-electron chi connectivity index (χ4n) is 5.95. The number of fused-ring (bicyclic) bond motifs is 2. The third-order valence-electron chi connectivity index (χ3n) is 7.84. The molecular weight excluding hydrogens is 536 g/mol. The van der Waals surface area contributed by atoms with E-state index >= 15 is 0 Å². The van der Waals surface area contributed by atoms with Crippen molar-refractivity contribution in [1.82, 2.24) is 15.4 Å². The van der Waals surface area contributed by atoms with Crippen molar-refractivity contribution in [2.24, 2.45) is 11.7 Å². The molecule has 3 N–H and O–H groups in total. The number of nitrogens with one attached hydrogen (secondary N) is 1. The molecular formula is C32H30N4O6. The zero-order valence-corrected chi connectivity index (χ0v) is 22.9. The first-order chi connectivity index (χ1) is 20.3. The lowest BCUT2D eigenvalue weighted by atomic mass is 9.70. The third-order valence-corrected chi connectivity index (χ3v) is 7.84. The van der Waals surface area contributed by atoms with Crippen LogP contribution in [0.15, 0.2) is 79.1 Å². The summed E-state index contributed by atoms with van der Waals surface area (Å²) >= 11 is 0. The summed E-state index contributed by atoms with van der Waals surface area (Å²) in [7, 11) is 0. The van der Waals surface area contributed by atoms with Gasteiger partial charge >= 0.3 is 5.97 Å². The van der Waals surface area contributed by atoms with Crippen LogP contribution in [-0.2, 0) is 41.8 Å². The number of aromatic nitrogens is 1. The van der Waals surface area contributed by atoms with Crippen LogP contribution < -0.4 is 11.1 Å². The van der Waals surface area contributed by atoms with Gasteiger partial charge in [0.1, 0.15) is 18.2 Å². The quantitative estimate of drug-likeness (QED) is 0.251. The Hall–Kier alpha value is -4.56. The number of carbonyl (C=O) groups excluding carboxylic acids is 3. The van der Waals surface area contributed by atoms with Gasteiger partial charge in [-0.25, -0.2) is 0 Å². The molecule has 2 unspecified atom stereocenters. The predicted molar refractivity (Wildman–Crippen MR) is 150 cm³/mol. The van der Waals surface area contributed by atoms with E-state index in [0.29, 0.717) is 0 Å². The number of nitrogens with two attached hydrogens (primary N) is 1. The number of benzene rings is 2. The molecule has 1 aliphatic carbocycles. The van der Waals surface area contributed by atoms with Crippen molar-refractivity contribution >= 4 is 17.8 Å². The second kappa shape index (κ2) is 11.4. The summed E-state index contributed by atoms with van der Waals surface area (Å²) in [6.45, 7) is 1.64. The molecule has 6 rings (SSSR count). The Labute approximate surface area is 243 Å². The smallest absolute Gasteiger partial charge is 0.303 e. The molecule has 0 radical (unpaired) electrons. The number of rotatable bonds is 7. The van der Waals surface area contributed by atoms with Gasteiger partial charge in [-0.2, -0.15) is 5.06 Å². The fraction of sp³-hybridized carbons (Fsp3) is 0.312. The molecule has 3 fully saturated rings. The Morgan fingerprint density at radius 1 is 1.07 bits per heavy atom. The first-order valence-corrected chi connectivity index (χ1v) is 13.7. The normalized spacial score (nSPS) is 27.5. The van der Waals surface area contributed by atoms with Gasteiger partial charge in [-0.3, -0.25) is 24.2 Å². The maximum atomic E-state index is 13.9. The van der Waals surface area contributed by atoms with Crippen LogP contribution in [0.3, 0.4) is 0 Å². The molecule has 1 saturated carbocycles. The summed E-state index contributed by atoms with van der Waals surface area (Å²) < 4.78 is 11.4. The van der Waals surface area contributed by atoms with Crippen molar-refractivity contribution in [1.29, 1.82) is 0 Å². The van der Waals surface area contributed by atoms with Crippen molar-refractivity contribution in [3.8, 4) is 11.8 Å². The van der Waals surface area contributed by atoms with Crippen LogP contribution in [0.1, 0.15) is 35.6 Å². The van der Waals surface area contributed by atoms with E-state index in [4.69, 9.17) is 20.0 Å². The van der Waals surface area contributed by atoms with Crippen molar-refractivity contribution in [2.45, 2.75) is 56.4 Å². The molecule has 0 spiro atoms. The van der Waals surface area contributed by atoms with Crippen molar-refractivity contribution in [2.75, 3.05) is 0 Å². The lowest BCUT2D eigenvalue weighted by Gasteiger charge is -2.37. The predicted octanol–water partition coefficient (Wildman–Crippen LogP) is 1.86. The fourth-order valence-corrected chi connectivity index (χ4v) is 5.95. The average molecular weight is 567 g/mol. The third kappa shape index (κ3) is 5.50. The molecule has 214 valence electrons. The van der Waals surface area contributed by atoms with Crippen LogP contribution in [-0.4, -0.2) is 57.8 Å². The van der Waals surface area contributed by atoms with Gasteiger partial charge in [0.2, 0.25) is 5.91 Å². The number of ether oxygens (including phenoxy) is 2. The van der Waals surface area contributed by atoms with Gasteiger partial charge in [-0.05, 0) is 41.5 Å². The van der Waals surface area contributed by atoms with Crippen LogP contribution >= 0.6 is 0 Å². The van der Waals surface area contributed by atoms with E-state index in [9.17, 15) is 14.4 Å². The summed E-state index contributed by atoms with van der Waals surface area (Å²) in [5.74, 6) is 3.74. The monoisotopic (exact) mass is 566 g/mol. The minimum Gasteiger partial charge on any atom is -0.459 e. The van der Waals surface area contributed by atoms with Gasteiger partial charge in [0, 0.05) is 43.4 Å². The highest BCUT2D eigenvalue weighted by Crippen LogP contribution is 2.54. The highest BCUT2D eigenvalue weighted by Gasteiger charge is 2.73. The van der Waals surface area contributed by atoms with Gasteiger partial charge < -0.3 is 20.5 Å². The molecule has 2 saturated heterocycles. The highest BCUT2D eigenvalue weighted by molar-refractivity contribution is 5.89. The highest BCUT2D eigenvalue weighted by atomic mass is 16.7. The number of amides is 2. The first kappa shape index (κ1) is 27.6. The molecule has 3 heterocycles. The standard InChI is InChI=1S/C32H30N4O6/c1-20(37)40-29-26-27(30(38)35-18-24-11-6-14-34-17-24)36(42-32(26,31(33)39)16-25-28(29)41-25)19-23-10-5-9-22(15-23)13-12-21-7-3-2-4-8-21/h2-11,14-15,17,25-29H,16,18-19H2,1H3,(H2,33,39)(H,35,38)/t25-,26?,27-,28-,29-,32?/m0/s1. The van der Waals surface area contributed by atoms with Crippen LogP contribution in [0.25, 0.3) is 0 Å². The number of epoxide rings is 1. The number of nitrogens with zero attached hydrogens (tertiary/aromatic N) is 2. The molecule has 1 aromatic heterocycles. The molecule has 10 nitrogen and oxygen atoms in total. The number of carbonyl (C=O) groups is 3. The molecule has 2 aliphatic heterocycles. The number of pyridine rings is 1. The summed E-state index contributed by atoms with van der Waals surface area (Å²) in [6, 6.07) is 19.8. The van der Waals surface area contributed by atoms with Crippen molar-refractivity contribution in [3.05, 3.63) is 101 Å². The largest absolute Gasteiger partial charge is 0.459 e. The van der Waals surface area contributed by atoms with Gasteiger partial charge in [-0.15, -0.1) is 0 Å². The second-order valence-corrected chi connectivity index (χ2v) is 10.7. The van der Waals surface area contributed by atoms with Gasteiger partial charge in [-0.1, -0.05) is 48.2 Å². The van der Waals surface area contributed by atoms with Crippen molar-refractivity contribution < 1.29 is 28.7 Å². The van der Waals surface area contributed by atoms with Crippen LogP contribution in [0.5, 0.6) is 0 Å². The Kier molecular flexibility index (Phi) is 7.47. The zero-order chi connectivity index (χ0) is 29.3. The van der Waals surface area contributed by atoms with Gasteiger partial charge in [0.25, 0.3) is 5.91 Å². The molecule has 42 heavy (non-hydrogen) atoms. The van der Waals surface area contributed by atoms with Crippen LogP contribution in [0.4, 0.5) is 0 Å². The molecule has 3 aliphatic rings. The molecule has 2 aromatic carbocycles. The number of hydroxylamine groups is 2. The molecule has 2 amide bonds. The number of esters is 1. The molecule has 0 bridgehead atoms. The Morgan fingerprint density at radius 2 is 1.83 bits per heavy atom. The zero-order valence-electron chi connectivity index (χ0n) is 22.9. The minimum absolute atomic E-state index is 0.153. The first-order valence-electron chi connectivity index (χ1n) is 13.7. The van der Waals surface area contributed by atoms with Crippen molar-refractivity contribution in [3.63, 3.8) is 0 Å². The van der Waals surface area contributed by atoms with Gasteiger partial charge in [0.05, 0.1) is 18.6 Å². The topological polar surface area (TPSA) is 136 Å². The van der Waals surface area contributed by atoms with E-state index in [-0.39, 0.29) is 25.6 Å². The molecule has 6 atom stereocenters. The van der Waals surface area contributed by atoms with E-state index in [0.717, 1.165) is 22.3 Å². The van der Waals surface area contributed by atoms with Gasteiger partial charge in [0.15, 0.2) is 5.60 Å². The molecule has 10 heteroatoms. The Balaban J connectivity index is 1.32. The lowest BCUT2D eigenvalue weighted by molar-refractivity contribution is -0.218. The van der Waals surface area contributed by atoms with Crippen LogP contribution in [0.2, 0.25) is 0 Å². The summed E-state index contributed by atoms with van der Waals surface area (Å²) in [5.41, 5.74) is 7.65. The summed E-state index contributed by atoms with van der Waals surface area (Å²) in [6.07, 6.45) is 1.75. The Morgan fingerprint density at radius 3 is 2.57 bits per heavy atom. The lowest BCUT2D eigenvalue weighted by Crippen LogP contribution is -2.61. The van der Waals surface area contributed by atoms with E-state index in [1.165, 1.54) is 12.0 Å². The number of hydrogen-bond donors (Lipinski definition) is 2. The van der Waals surface area contributed by atoms with E-state index in [1.54, 1.807) is 18.5 Å². The SMILES string of the molecule is CC(=O)O[C@H]1C2[C@@H](C(=O)NCc3cccnc3)N(Cc3cccc(C#Cc4ccccc4)c3)OC2(C(N)=O)C[C@@H]2O[C@@H]21. The molecule has 3 aromatic rings. The summed E-state index contributed by atoms with van der Waals surface area (Å²) in [5, 5.41) is 4.43. The Bertz CT molecular complexity index is 1560. The van der Waals surface area contributed by atoms with E-state index in [2.05, 4.69) is 22.1 Å².